The summed E-state index contributed by atoms with van der Waals surface area (Å²) in [7, 11) is 0. The molecule has 36 heavy (non-hydrogen) atoms. The zero-order valence-electron chi connectivity index (χ0n) is 19.5. The van der Waals surface area contributed by atoms with Crippen LogP contribution in [0.3, 0.4) is 0 Å². The quantitative estimate of drug-likeness (QED) is 0.278. The lowest BCUT2D eigenvalue weighted by atomic mass is 10.1. The molecule has 0 aliphatic carbocycles. The normalized spacial score (nSPS) is 14.5. The Morgan fingerprint density at radius 1 is 1.00 bits per heavy atom. The minimum absolute atomic E-state index is 0.0978. The number of benzene rings is 3. The van der Waals surface area contributed by atoms with Gasteiger partial charge in [0.25, 0.3) is 5.91 Å². The molecule has 1 fully saturated rings. The summed E-state index contributed by atoms with van der Waals surface area (Å²) in [5.74, 6) is -0.581. The second-order valence-corrected chi connectivity index (χ2v) is 9.09. The Hall–Kier alpha value is -4.36. The molecular weight excluding hydrogens is 476 g/mol. The number of rotatable bonds is 6. The molecule has 0 spiro atoms. The van der Waals surface area contributed by atoms with Crippen LogP contribution in [0, 0.1) is 6.92 Å². The summed E-state index contributed by atoms with van der Waals surface area (Å²) in [6.45, 7) is 2.22. The molecule has 180 valence electrons. The molecule has 0 atom stereocenters. The summed E-state index contributed by atoms with van der Waals surface area (Å²) >= 11 is 5.93. The molecule has 1 aliphatic rings. The van der Waals surface area contributed by atoms with Gasteiger partial charge in [0.15, 0.2) is 0 Å². The minimum Gasteiger partial charge on any atom is -0.337 e. The average molecular weight is 499 g/mol. The number of aromatic nitrogens is 1. The van der Waals surface area contributed by atoms with Gasteiger partial charge in [-0.2, -0.15) is 0 Å². The molecule has 0 saturated carbocycles. The summed E-state index contributed by atoms with van der Waals surface area (Å²) < 4.78 is 1.83. The Morgan fingerprint density at radius 3 is 2.47 bits per heavy atom. The van der Waals surface area contributed by atoms with Crippen LogP contribution in [0.4, 0.5) is 10.5 Å². The van der Waals surface area contributed by atoms with Crippen molar-refractivity contribution in [1.82, 2.24) is 14.8 Å². The van der Waals surface area contributed by atoms with E-state index in [1.807, 2.05) is 66.2 Å². The van der Waals surface area contributed by atoms with Crippen molar-refractivity contribution in [2.45, 2.75) is 20.0 Å². The van der Waals surface area contributed by atoms with E-state index in [0.717, 1.165) is 38.2 Å². The van der Waals surface area contributed by atoms with Gasteiger partial charge in [0.2, 0.25) is 5.91 Å². The number of urea groups is 1. The van der Waals surface area contributed by atoms with E-state index in [0.29, 0.717) is 5.02 Å². The molecule has 3 aromatic carbocycles. The number of hydrogen-bond acceptors (Lipinski definition) is 3. The molecule has 7 nitrogen and oxygen atoms in total. The molecule has 2 heterocycles. The topological polar surface area (TPSA) is 83.4 Å². The summed E-state index contributed by atoms with van der Waals surface area (Å²) in [6.07, 6.45) is 3.46. The zero-order chi connectivity index (χ0) is 25.2. The van der Waals surface area contributed by atoms with E-state index in [1.54, 1.807) is 30.3 Å². The van der Waals surface area contributed by atoms with Crippen LogP contribution in [0.1, 0.15) is 16.7 Å². The van der Waals surface area contributed by atoms with Crippen molar-refractivity contribution < 1.29 is 14.4 Å². The van der Waals surface area contributed by atoms with Gasteiger partial charge in [-0.05, 0) is 48.9 Å². The highest BCUT2D eigenvalue weighted by Crippen LogP contribution is 2.25. The van der Waals surface area contributed by atoms with Crippen LogP contribution < -0.4 is 10.6 Å². The van der Waals surface area contributed by atoms with E-state index in [1.165, 1.54) is 0 Å². The Kier molecular flexibility index (Phi) is 6.31. The van der Waals surface area contributed by atoms with Crippen LogP contribution in [-0.4, -0.2) is 27.3 Å². The fourth-order valence-electron chi connectivity index (χ4n) is 4.16. The van der Waals surface area contributed by atoms with Gasteiger partial charge >= 0.3 is 6.03 Å². The lowest BCUT2D eigenvalue weighted by Crippen LogP contribution is -2.30. The maximum atomic E-state index is 13.0. The fourth-order valence-corrected chi connectivity index (χ4v) is 4.28. The number of amides is 4. The molecule has 8 heteroatoms. The number of hydrogen-bond donors (Lipinski definition) is 2. The van der Waals surface area contributed by atoms with Gasteiger partial charge in [-0.15, -0.1) is 0 Å². The van der Waals surface area contributed by atoms with E-state index in [9.17, 15) is 14.4 Å². The first kappa shape index (κ1) is 23.4. The predicted octanol–water partition coefficient (Wildman–Crippen LogP) is 5.33. The molecule has 5 rings (SSSR count). The third-order valence-corrected chi connectivity index (χ3v) is 6.24. The number of imide groups is 1. The Labute approximate surface area is 213 Å². The molecule has 0 bridgehead atoms. The van der Waals surface area contributed by atoms with Crippen LogP contribution in [0.25, 0.3) is 17.0 Å². The van der Waals surface area contributed by atoms with Crippen molar-refractivity contribution in [3.05, 3.63) is 106 Å². The van der Waals surface area contributed by atoms with E-state index >= 15 is 0 Å². The van der Waals surface area contributed by atoms with Gasteiger partial charge in [0.1, 0.15) is 12.2 Å². The third kappa shape index (κ3) is 4.87. The highest BCUT2D eigenvalue weighted by atomic mass is 35.5. The van der Waals surface area contributed by atoms with E-state index in [-0.39, 0.29) is 24.7 Å². The molecule has 0 radical (unpaired) electrons. The van der Waals surface area contributed by atoms with Gasteiger partial charge in [-0.3, -0.25) is 14.5 Å². The maximum Gasteiger partial charge on any atom is 0.329 e. The standard InChI is InChI=1S/C28H23ClN4O3/c1-18-6-12-22(13-7-18)30-26(34)17-32-16-20(23-4-2-3-5-25(23)32)14-24-27(35)33(28(36)31-24)15-19-8-10-21(29)11-9-19/h2-14,16H,15,17H2,1H3,(H,30,34)(H,31,36). The van der Waals surface area contributed by atoms with Crippen molar-refractivity contribution in [3.8, 4) is 0 Å². The monoisotopic (exact) mass is 498 g/mol. The molecule has 1 aromatic heterocycles. The first-order valence-electron chi connectivity index (χ1n) is 11.4. The van der Waals surface area contributed by atoms with Gasteiger partial charge in [-0.25, -0.2) is 4.79 Å². The van der Waals surface area contributed by atoms with Crippen molar-refractivity contribution in [2.75, 3.05) is 5.32 Å². The number of anilines is 1. The van der Waals surface area contributed by atoms with Gasteiger partial charge in [0, 0.05) is 33.4 Å². The highest BCUT2D eigenvalue weighted by molar-refractivity contribution is 6.30. The maximum absolute atomic E-state index is 13.0. The van der Waals surface area contributed by atoms with Crippen molar-refractivity contribution in [2.24, 2.45) is 0 Å². The van der Waals surface area contributed by atoms with Crippen LogP contribution in [0.15, 0.2) is 84.7 Å². The molecule has 0 unspecified atom stereocenters. The van der Waals surface area contributed by atoms with Gasteiger partial charge < -0.3 is 15.2 Å². The molecule has 4 aromatic rings. The molecule has 1 saturated heterocycles. The average Bonchev–Trinajstić information content (AvgIpc) is 3.33. The molecular formula is C28H23ClN4O3. The summed E-state index contributed by atoms with van der Waals surface area (Å²) in [5.41, 5.74) is 4.39. The third-order valence-electron chi connectivity index (χ3n) is 5.98. The smallest absolute Gasteiger partial charge is 0.329 e. The lowest BCUT2D eigenvalue weighted by Gasteiger charge is -2.11. The number of carbonyl (C=O) groups is 3. The highest BCUT2D eigenvalue weighted by Gasteiger charge is 2.33. The first-order valence-corrected chi connectivity index (χ1v) is 11.8. The first-order chi connectivity index (χ1) is 17.4. The van der Waals surface area contributed by atoms with Crippen molar-refractivity contribution in [3.63, 3.8) is 0 Å². The lowest BCUT2D eigenvalue weighted by molar-refractivity contribution is -0.123. The Morgan fingerprint density at radius 2 is 1.72 bits per heavy atom. The number of nitrogens with zero attached hydrogens (tertiary/aromatic N) is 2. The molecule has 2 N–H and O–H groups in total. The van der Waals surface area contributed by atoms with Gasteiger partial charge in [-0.1, -0.05) is 59.6 Å². The largest absolute Gasteiger partial charge is 0.337 e. The summed E-state index contributed by atoms with van der Waals surface area (Å²) in [6, 6.07) is 21.7. The van der Waals surface area contributed by atoms with E-state index < -0.39 is 11.9 Å². The zero-order valence-corrected chi connectivity index (χ0v) is 20.3. The second-order valence-electron chi connectivity index (χ2n) is 8.65. The summed E-state index contributed by atoms with van der Waals surface area (Å²) in [4.78, 5) is 39.4. The number of halogens is 1. The van der Waals surface area contributed by atoms with E-state index in [4.69, 9.17) is 11.6 Å². The van der Waals surface area contributed by atoms with Crippen LogP contribution in [-0.2, 0) is 22.7 Å². The Balaban J connectivity index is 1.38. The van der Waals surface area contributed by atoms with Crippen LogP contribution >= 0.6 is 11.6 Å². The van der Waals surface area contributed by atoms with Crippen LogP contribution in [0.2, 0.25) is 5.02 Å². The Bertz CT molecular complexity index is 1500. The number of aryl methyl sites for hydroxylation is 1. The predicted molar refractivity (Wildman–Crippen MR) is 140 cm³/mol. The fraction of sp³-hybridized carbons (Fsp3) is 0.107. The number of carbonyl (C=O) groups excluding carboxylic acids is 3. The second kappa shape index (κ2) is 9.71. The van der Waals surface area contributed by atoms with Gasteiger partial charge in [0.05, 0.1) is 6.54 Å². The minimum atomic E-state index is -0.484. The van der Waals surface area contributed by atoms with Crippen molar-refractivity contribution >= 4 is 52.1 Å². The number of fused-ring (bicyclic) bond motifs is 1. The summed E-state index contributed by atoms with van der Waals surface area (Å²) in [5, 5.41) is 7.03. The number of nitrogens with one attached hydrogen (secondary N) is 2. The number of para-hydroxylation sites is 1. The molecule has 4 amide bonds. The van der Waals surface area contributed by atoms with E-state index in [2.05, 4.69) is 10.6 Å². The van der Waals surface area contributed by atoms with Crippen molar-refractivity contribution in [1.29, 1.82) is 0 Å². The molecule has 1 aliphatic heterocycles. The SMILES string of the molecule is Cc1ccc(NC(=O)Cn2cc(C=C3NC(=O)N(Cc4ccc(Cl)cc4)C3=O)c3ccccc32)cc1. The van der Waals surface area contributed by atoms with Crippen LogP contribution in [0.5, 0.6) is 0 Å².